The highest BCUT2D eigenvalue weighted by atomic mass is 32.1. The molecule has 1 atom stereocenters. The molecule has 0 radical (unpaired) electrons. The number of aromatic nitrogens is 2. The summed E-state index contributed by atoms with van der Waals surface area (Å²) >= 11 is 1.68. The standard InChI is InChI=1S/C12H17N3S/c1-9(2)12(13)10-3-4-15(6-10)7-11-5-14-8-16-11/h3-6,8-9,12H,7,13H2,1-2H3. The molecule has 0 aliphatic rings. The second kappa shape index (κ2) is 4.80. The first kappa shape index (κ1) is 11.4. The van der Waals surface area contributed by atoms with Crippen LogP contribution in [0.2, 0.25) is 0 Å². The van der Waals surface area contributed by atoms with Crippen LogP contribution in [0, 0.1) is 5.92 Å². The number of nitrogens with zero attached hydrogens (tertiary/aromatic N) is 2. The molecule has 1 unspecified atom stereocenters. The molecule has 16 heavy (non-hydrogen) atoms. The summed E-state index contributed by atoms with van der Waals surface area (Å²) in [6.07, 6.45) is 6.12. The zero-order chi connectivity index (χ0) is 11.5. The second-order valence-electron chi connectivity index (χ2n) is 4.35. The minimum atomic E-state index is 0.128. The van der Waals surface area contributed by atoms with Gasteiger partial charge in [-0.25, -0.2) is 0 Å². The highest BCUT2D eigenvalue weighted by molar-refractivity contribution is 7.09. The van der Waals surface area contributed by atoms with Crippen LogP contribution in [0.4, 0.5) is 0 Å². The summed E-state index contributed by atoms with van der Waals surface area (Å²) in [7, 11) is 0. The molecule has 0 saturated heterocycles. The van der Waals surface area contributed by atoms with Crippen molar-refractivity contribution in [2.24, 2.45) is 11.7 Å². The first-order valence-corrected chi connectivity index (χ1v) is 6.33. The van der Waals surface area contributed by atoms with Crippen molar-refractivity contribution in [3.63, 3.8) is 0 Å². The lowest BCUT2D eigenvalue weighted by Gasteiger charge is -2.13. The number of nitrogens with two attached hydrogens (primary N) is 1. The Balaban J connectivity index is 2.08. The van der Waals surface area contributed by atoms with Crippen LogP contribution in [0.3, 0.4) is 0 Å². The molecule has 0 amide bonds. The van der Waals surface area contributed by atoms with Gasteiger partial charge in [-0.2, -0.15) is 0 Å². The van der Waals surface area contributed by atoms with Crippen LogP contribution >= 0.6 is 11.3 Å². The van der Waals surface area contributed by atoms with Crippen LogP contribution in [-0.4, -0.2) is 9.55 Å². The molecule has 2 heterocycles. The average Bonchev–Trinajstić information content (AvgIpc) is 2.88. The molecule has 0 aliphatic carbocycles. The van der Waals surface area contributed by atoms with Crippen LogP contribution < -0.4 is 5.73 Å². The van der Waals surface area contributed by atoms with Crippen molar-refractivity contribution in [1.82, 2.24) is 9.55 Å². The van der Waals surface area contributed by atoms with Crippen LogP contribution in [-0.2, 0) is 6.54 Å². The van der Waals surface area contributed by atoms with Crippen LogP contribution in [0.1, 0.15) is 30.3 Å². The molecule has 86 valence electrons. The molecule has 2 N–H and O–H groups in total. The van der Waals surface area contributed by atoms with Crippen molar-refractivity contribution in [3.05, 3.63) is 40.6 Å². The Morgan fingerprint density at radius 3 is 2.94 bits per heavy atom. The van der Waals surface area contributed by atoms with Gasteiger partial charge in [0.25, 0.3) is 0 Å². The van der Waals surface area contributed by atoms with Gasteiger partial charge in [0.1, 0.15) is 0 Å². The van der Waals surface area contributed by atoms with E-state index in [4.69, 9.17) is 5.73 Å². The Labute approximate surface area is 99.9 Å². The first-order chi connectivity index (χ1) is 7.66. The largest absolute Gasteiger partial charge is 0.349 e. The van der Waals surface area contributed by atoms with Gasteiger partial charge < -0.3 is 10.3 Å². The minimum Gasteiger partial charge on any atom is -0.349 e. The smallest absolute Gasteiger partial charge is 0.0794 e. The summed E-state index contributed by atoms with van der Waals surface area (Å²) in [5.74, 6) is 0.472. The quantitative estimate of drug-likeness (QED) is 0.885. The number of hydrogen-bond donors (Lipinski definition) is 1. The lowest BCUT2D eigenvalue weighted by molar-refractivity contribution is 0.513. The maximum Gasteiger partial charge on any atom is 0.0794 e. The summed E-state index contributed by atoms with van der Waals surface area (Å²) < 4.78 is 2.16. The fourth-order valence-electron chi connectivity index (χ4n) is 1.64. The Kier molecular flexibility index (Phi) is 3.41. The molecular weight excluding hydrogens is 218 g/mol. The summed E-state index contributed by atoms with van der Waals surface area (Å²) in [4.78, 5) is 5.33. The Morgan fingerprint density at radius 2 is 2.31 bits per heavy atom. The third-order valence-electron chi connectivity index (χ3n) is 2.70. The molecule has 0 spiro atoms. The van der Waals surface area contributed by atoms with E-state index in [0.717, 1.165) is 6.54 Å². The predicted molar refractivity (Wildman–Crippen MR) is 67.4 cm³/mol. The van der Waals surface area contributed by atoms with Gasteiger partial charge in [0, 0.05) is 29.5 Å². The summed E-state index contributed by atoms with van der Waals surface area (Å²) in [6, 6.07) is 2.23. The van der Waals surface area contributed by atoms with E-state index in [1.165, 1.54) is 10.4 Å². The van der Waals surface area contributed by atoms with Crippen molar-refractivity contribution < 1.29 is 0 Å². The van der Waals surface area contributed by atoms with Gasteiger partial charge in [-0.15, -0.1) is 11.3 Å². The zero-order valence-corrected chi connectivity index (χ0v) is 10.4. The summed E-state index contributed by atoms with van der Waals surface area (Å²) in [6.45, 7) is 5.17. The SMILES string of the molecule is CC(C)C(N)c1ccn(Cc2cncs2)c1. The normalized spacial score (nSPS) is 13.2. The van der Waals surface area contributed by atoms with Crippen molar-refractivity contribution in [2.45, 2.75) is 26.4 Å². The molecule has 0 aliphatic heterocycles. The van der Waals surface area contributed by atoms with E-state index in [0.29, 0.717) is 5.92 Å². The van der Waals surface area contributed by atoms with Crippen molar-refractivity contribution >= 4 is 11.3 Å². The van der Waals surface area contributed by atoms with Gasteiger partial charge in [0.15, 0.2) is 0 Å². The van der Waals surface area contributed by atoms with Gasteiger partial charge >= 0.3 is 0 Å². The maximum absolute atomic E-state index is 6.10. The molecule has 2 rings (SSSR count). The molecule has 2 aromatic rings. The third kappa shape index (κ3) is 2.51. The Bertz CT molecular complexity index is 431. The molecule has 3 nitrogen and oxygen atoms in total. The lowest BCUT2D eigenvalue weighted by atomic mass is 10.00. The van der Waals surface area contributed by atoms with Crippen LogP contribution in [0.25, 0.3) is 0 Å². The van der Waals surface area contributed by atoms with E-state index < -0.39 is 0 Å². The van der Waals surface area contributed by atoms with Gasteiger partial charge in [0.05, 0.1) is 12.1 Å². The highest BCUT2D eigenvalue weighted by Crippen LogP contribution is 2.19. The van der Waals surface area contributed by atoms with Gasteiger partial charge in [-0.1, -0.05) is 13.8 Å². The zero-order valence-electron chi connectivity index (χ0n) is 9.63. The molecular formula is C12H17N3S. The van der Waals surface area contributed by atoms with E-state index in [1.54, 1.807) is 11.3 Å². The van der Waals surface area contributed by atoms with E-state index in [1.807, 2.05) is 11.7 Å². The second-order valence-corrected chi connectivity index (χ2v) is 5.33. The Morgan fingerprint density at radius 1 is 1.50 bits per heavy atom. The lowest BCUT2D eigenvalue weighted by Crippen LogP contribution is -2.15. The summed E-state index contributed by atoms with van der Waals surface area (Å²) in [5, 5.41) is 0. The molecule has 4 heteroatoms. The topological polar surface area (TPSA) is 43.8 Å². The van der Waals surface area contributed by atoms with Gasteiger partial charge in [-0.05, 0) is 17.5 Å². The molecule has 2 aromatic heterocycles. The fraction of sp³-hybridized carbons (Fsp3) is 0.417. The maximum atomic E-state index is 6.10. The first-order valence-electron chi connectivity index (χ1n) is 5.45. The van der Waals surface area contributed by atoms with E-state index >= 15 is 0 Å². The highest BCUT2D eigenvalue weighted by Gasteiger charge is 2.11. The van der Waals surface area contributed by atoms with Crippen LogP contribution in [0.5, 0.6) is 0 Å². The average molecular weight is 235 g/mol. The van der Waals surface area contributed by atoms with Crippen molar-refractivity contribution in [1.29, 1.82) is 0 Å². The molecule has 0 bridgehead atoms. The van der Waals surface area contributed by atoms with Gasteiger partial charge in [-0.3, -0.25) is 4.98 Å². The van der Waals surface area contributed by atoms with Gasteiger partial charge in [0.2, 0.25) is 0 Å². The molecule has 0 aromatic carbocycles. The predicted octanol–water partition coefficient (Wildman–Crippen LogP) is 2.65. The van der Waals surface area contributed by atoms with Crippen molar-refractivity contribution in [3.8, 4) is 0 Å². The summed E-state index contributed by atoms with van der Waals surface area (Å²) in [5.41, 5.74) is 9.17. The van der Waals surface area contributed by atoms with E-state index in [9.17, 15) is 0 Å². The Hall–Kier alpha value is -1.13. The number of rotatable bonds is 4. The monoisotopic (exact) mass is 235 g/mol. The minimum absolute atomic E-state index is 0.128. The number of thiazole rings is 1. The molecule has 0 fully saturated rings. The van der Waals surface area contributed by atoms with E-state index in [-0.39, 0.29) is 6.04 Å². The molecule has 0 saturated carbocycles. The van der Waals surface area contributed by atoms with Crippen LogP contribution in [0.15, 0.2) is 30.2 Å². The van der Waals surface area contributed by atoms with Crippen molar-refractivity contribution in [2.75, 3.05) is 0 Å². The van der Waals surface area contributed by atoms with E-state index in [2.05, 4.69) is 41.9 Å². The number of hydrogen-bond acceptors (Lipinski definition) is 3. The fourth-order valence-corrected chi connectivity index (χ4v) is 2.24. The third-order valence-corrected chi connectivity index (χ3v) is 3.46.